The van der Waals surface area contributed by atoms with Crippen molar-refractivity contribution in [1.82, 2.24) is 0 Å². The van der Waals surface area contributed by atoms with E-state index in [9.17, 15) is 9.59 Å². The fourth-order valence-corrected chi connectivity index (χ4v) is 4.50. The molecule has 4 aromatic rings. The average Bonchev–Trinajstić information content (AvgIpc) is 3.42. The predicted octanol–water partition coefficient (Wildman–Crippen LogP) is 6.26. The van der Waals surface area contributed by atoms with E-state index in [0.29, 0.717) is 43.6 Å². The van der Waals surface area contributed by atoms with E-state index < -0.39 is 11.9 Å². The predicted molar refractivity (Wildman–Crippen MR) is 128 cm³/mol. The van der Waals surface area contributed by atoms with Gasteiger partial charge in [0.15, 0.2) is 17.3 Å². The molecule has 0 spiro atoms. The summed E-state index contributed by atoms with van der Waals surface area (Å²) < 4.78 is 21.6. The number of benzene rings is 2. The van der Waals surface area contributed by atoms with Crippen LogP contribution in [0.5, 0.6) is 11.5 Å². The first-order valence-electron chi connectivity index (χ1n) is 9.96. The van der Waals surface area contributed by atoms with E-state index in [2.05, 4.69) is 5.32 Å². The summed E-state index contributed by atoms with van der Waals surface area (Å²) in [5.41, 5.74) is 2.10. The van der Waals surface area contributed by atoms with Gasteiger partial charge < -0.3 is 23.9 Å². The Morgan fingerprint density at radius 3 is 2.58 bits per heavy atom. The van der Waals surface area contributed by atoms with Gasteiger partial charge in [-0.2, -0.15) is 0 Å². The topological polar surface area (TPSA) is 87.0 Å². The number of ether oxygens (including phenoxy) is 3. The summed E-state index contributed by atoms with van der Waals surface area (Å²) in [5, 5.41) is 6.15. The van der Waals surface area contributed by atoms with Crippen molar-refractivity contribution in [1.29, 1.82) is 0 Å². The van der Waals surface area contributed by atoms with Crippen LogP contribution in [0.25, 0.3) is 22.1 Å². The van der Waals surface area contributed by atoms with E-state index in [1.165, 1.54) is 18.4 Å². The molecule has 4 rings (SSSR count). The number of anilines is 1. The lowest BCUT2D eigenvalue weighted by Crippen LogP contribution is -2.14. The molecule has 1 N–H and O–H groups in total. The number of nitrogens with one attached hydrogen (secondary N) is 1. The maximum atomic E-state index is 12.9. The van der Waals surface area contributed by atoms with Crippen LogP contribution in [0.15, 0.2) is 52.3 Å². The number of fused-ring (bicyclic) bond motifs is 1. The molecule has 0 saturated carbocycles. The lowest BCUT2D eigenvalue weighted by atomic mass is 10.0. The van der Waals surface area contributed by atoms with Crippen LogP contribution >= 0.6 is 22.9 Å². The Bertz CT molecular complexity index is 1340. The Labute approximate surface area is 198 Å². The van der Waals surface area contributed by atoms with Crippen molar-refractivity contribution in [3.63, 3.8) is 0 Å². The molecule has 1 amide bonds. The standard InChI is InChI=1S/C24H20ClNO6S/c1-4-31-24(28)21-16(13-5-7-18(29-2)19(10-13)30-3)12-33-23(21)26-22(27)20-11-14-9-15(25)6-8-17(14)32-20/h5-12H,4H2,1-3H3,(H,26,27). The van der Waals surface area contributed by atoms with Gasteiger partial charge in [0.05, 0.1) is 20.8 Å². The zero-order valence-electron chi connectivity index (χ0n) is 18.1. The van der Waals surface area contributed by atoms with Crippen LogP contribution < -0.4 is 14.8 Å². The first kappa shape index (κ1) is 22.7. The molecule has 0 bridgehead atoms. The van der Waals surface area contributed by atoms with E-state index in [4.69, 9.17) is 30.2 Å². The number of halogens is 1. The first-order chi connectivity index (χ1) is 15.9. The lowest BCUT2D eigenvalue weighted by Gasteiger charge is -2.11. The highest BCUT2D eigenvalue weighted by molar-refractivity contribution is 7.15. The number of carbonyl (C=O) groups excluding carboxylic acids is 2. The summed E-state index contributed by atoms with van der Waals surface area (Å²) in [5.74, 6) is 0.141. The van der Waals surface area contributed by atoms with Crippen molar-refractivity contribution in [2.45, 2.75) is 6.92 Å². The van der Waals surface area contributed by atoms with Crippen molar-refractivity contribution in [3.05, 3.63) is 64.2 Å². The molecule has 0 atom stereocenters. The maximum absolute atomic E-state index is 12.9. The molecule has 0 unspecified atom stereocenters. The second-order valence-electron chi connectivity index (χ2n) is 6.89. The number of esters is 1. The van der Waals surface area contributed by atoms with Crippen LogP contribution in [0, 0.1) is 0 Å². The molecule has 2 heterocycles. The summed E-state index contributed by atoms with van der Waals surface area (Å²) in [6, 6.07) is 12.0. The minimum absolute atomic E-state index is 0.100. The number of carbonyl (C=O) groups is 2. The Morgan fingerprint density at radius 1 is 1.06 bits per heavy atom. The van der Waals surface area contributed by atoms with Gasteiger partial charge in [0.2, 0.25) is 0 Å². The van der Waals surface area contributed by atoms with Crippen LogP contribution in [0.3, 0.4) is 0 Å². The van der Waals surface area contributed by atoms with Crippen molar-refractivity contribution in [2.24, 2.45) is 0 Å². The summed E-state index contributed by atoms with van der Waals surface area (Å²) in [6.45, 7) is 1.91. The van der Waals surface area contributed by atoms with Gasteiger partial charge in [-0.25, -0.2) is 4.79 Å². The fraction of sp³-hybridized carbons (Fsp3) is 0.167. The third-order valence-corrected chi connectivity index (χ3v) is 6.02. The van der Waals surface area contributed by atoms with Crippen LogP contribution in [-0.4, -0.2) is 32.7 Å². The molecule has 0 saturated heterocycles. The van der Waals surface area contributed by atoms with Crippen molar-refractivity contribution in [2.75, 3.05) is 26.1 Å². The van der Waals surface area contributed by atoms with Gasteiger partial charge in [-0.05, 0) is 48.9 Å². The molecule has 2 aromatic carbocycles. The highest BCUT2D eigenvalue weighted by Crippen LogP contribution is 2.40. The van der Waals surface area contributed by atoms with E-state index in [-0.39, 0.29) is 17.9 Å². The van der Waals surface area contributed by atoms with Crippen molar-refractivity contribution < 1.29 is 28.2 Å². The molecular weight excluding hydrogens is 466 g/mol. The van der Waals surface area contributed by atoms with E-state index in [1.54, 1.807) is 61.9 Å². The number of hydrogen-bond acceptors (Lipinski definition) is 7. The molecule has 0 aliphatic rings. The molecular formula is C24H20ClNO6S. The molecule has 7 nitrogen and oxygen atoms in total. The van der Waals surface area contributed by atoms with Crippen LogP contribution in [-0.2, 0) is 4.74 Å². The number of furan rings is 1. The van der Waals surface area contributed by atoms with Crippen molar-refractivity contribution in [3.8, 4) is 22.6 Å². The fourth-order valence-electron chi connectivity index (χ4n) is 3.36. The lowest BCUT2D eigenvalue weighted by molar-refractivity contribution is 0.0529. The van der Waals surface area contributed by atoms with Crippen LogP contribution in [0.1, 0.15) is 27.8 Å². The normalized spacial score (nSPS) is 10.8. The van der Waals surface area contributed by atoms with Gasteiger partial charge in [0.1, 0.15) is 16.1 Å². The number of thiophene rings is 1. The van der Waals surface area contributed by atoms with Gasteiger partial charge in [0.25, 0.3) is 5.91 Å². The molecule has 2 aromatic heterocycles. The molecule has 0 radical (unpaired) electrons. The number of methoxy groups -OCH3 is 2. The minimum Gasteiger partial charge on any atom is -0.493 e. The third kappa shape index (κ3) is 4.53. The second-order valence-corrected chi connectivity index (χ2v) is 8.21. The molecule has 0 fully saturated rings. The van der Waals surface area contributed by atoms with Crippen LogP contribution in [0.2, 0.25) is 5.02 Å². The smallest absolute Gasteiger partial charge is 0.341 e. The highest BCUT2D eigenvalue weighted by Gasteiger charge is 2.25. The zero-order chi connectivity index (χ0) is 23.5. The van der Waals surface area contributed by atoms with Gasteiger partial charge in [-0.15, -0.1) is 11.3 Å². The average molecular weight is 486 g/mol. The minimum atomic E-state index is -0.546. The van der Waals surface area contributed by atoms with Crippen molar-refractivity contribution >= 4 is 50.8 Å². The number of amides is 1. The SMILES string of the molecule is CCOC(=O)c1c(-c2ccc(OC)c(OC)c2)csc1NC(=O)c1cc2cc(Cl)ccc2o1. The van der Waals surface area contributed by atoms with Crippen LogP contribution in [0.4, 0.5) is 5.00 Å². The molecule has 170 valence electrons. The quantitative estimate of drug-likeness (QED) is 0.311. The Morgan fingerprint density at radius 2 is 1.85 bits per heavy atom. The highest BCUT2D eigenvalue weighted by atomic mass is 35.5. The molecule has 9 heteroatoms. The number of hydrogen-bond donors (Lipinski definition) is 1. The summed E-state index contributed by atoms with van der Waals surface area (Å²) in [7, 11) is 3.08. The van der Waals surface area contributed by atoms with Gasteiger partial charge >= 0.3 is 5.97 Å². The largest absolute Gasteiger partial charge is 0.493 e. The molecule has 0 aliphatic heterocycles. The summed E-state index contributed by atoms with van der Waals surface area (Å²) in [4.78, 5) is 25.7. The molecule has 33 heavy (non-hydrogen) atoms. The molecule has 0 aliphatic carbocycles. The Hall–Kier alpha value is -3.49. The third-order valence-electron chi connectivity index (χ3n) is 4.89. The number of rotatable bonds is 7. The summed E-state index contributed by atoms with van der Waals surface area (Å²) in [6.07, 6.45) is 0. The zero-order valence-corrected chi connectivity index (χ0v) is 19.6. The Kier molecular flexibility index (Phi) is 6.57. The van der Waals surface area contributed by atoms with Gasteiger partial charge in [-0.3, -0.25) is 4.79 Å². The monoisotopic (exact) mass is 485 g/mol. The van der Waals surface area contributed by atoms with E-state index in [0.717, 1.165) is 0 Å². The first-order valence-corrected chi connectivity index (χ1v) is 11.2. The Balaban J connectivity index is 1.71. The van der Waals surface area contributed by atoms with E-state index in [1.807, 2.05) is 0 Å². The van der Waals surface area contributed by atoms with Gasteiger partial charge in [0, 0.05) is 21.4 Å². The maximum Gasteiger partial charge on any atom is 0.341 e. The van der Waals surface area contributed by atoms with Gasteiger partial charge in [-0.1, -0.05) is 17.7 Å². The summed E-state index contributed by atoms with van der Waals surface area (Å²) >= 11 is 7.23. The van der Waals surface area contributed by atoms with E-state index >= 15 is 0 Å². The second kappa shape index (κ2) is 9.56.